The molecule has 1 amide bonds. The van der Waals surface area contributed by atoms with E-state index in [1.165, 1.54) is 32.4 Å². The van der Waals surface area contributed by atoms with E-state index in [-0.39, 0.29) is 0 Å². The van der Waals surface area contributed by atoms with Crippen molar-refractivity contribution in [2.75, 3.05) is 26.2 Å². The predicted molar refractivity (Wildman–Crippen MR) is 98.6 cm³/mol. The monoisotopic (exact) mass is 339 g/mol. The number of hydrogen-bond acceptors (Lipinski definition) is 4. The summed E-state index contributed by atoms with van der Waals surface area (Å²) in [4.78, 5) is 18.3. The van der Waals surface area contributed by atoms with Crippen LogP contribution in [0.1, 0.15) is 36.0 Å². The molecule has 1 aromatic heterocycles. The molecule has 2 heterocycles. The van der Waals surface area contributed by atoms with Gasteiger partial charge < -0.3 is 15.4 Å². The average Bonchev–Trinajstić information content (AvgIpc) is 2.66. The Balaban J connectivity index is 1.53. The first-order chi connectivity index (χ1) is 12.2. The van der Waals surface area contributed by atoms with Gasteiger partial charge in [0.15, 0.2) is 0 Å². The van der Waals surface area contributed by atoms with Crippen LogP contribution in [0.4, 0.5) is 0 Å². The molecule has 5 nitrogen and oxygen atoms in total. The number of carbonyl (C=O) groups is 1. The molecule has 5 heteroatoms. The summed E-state index contributed by atoms with van der Waals surface area (Å²) >= 11 is 0. The predicted octanol–water partition coefficient (Wildman–Crippen LogP) is 3.10. The van der Waals surface area contributed by atoms with E-state index in [0.29, 0.717) is 17.9 Å². The maximum atomic E-state index is 11.5. The number of piperidine rings is 1. The second-order valence-electron chi connectivity index (χ2n) is 6.39. The van der Waals surface area contributed by atoms with E-state index in [0.717, 1.165) is 24.3 Å². The Morgan fingerprint density at radius 1 is 1.12 bits per heavy atom. The molecular formula is C20H25N3O2. The van der Waals surface area contributed by atoms with Crippen LogP contribution in [0, 0.1) is 0 Å². The first-order valence-corrected chi connectivity index (χ1v) is 8.94. The molecule has 0 radical (unpaired) electrons. The molecule has 0 unspecified atom stereocenters. The lowest BCUT2D eigenvalue weighted by Gasteiger charge is -2.26. The van der Waals surface area contributed by atoms with E-state index in [4.69, 9.17) is 10.5 Å². The number of pyridine rings is 1. The van der Waals surface area contributed by atoms with Crippen molar-refractivity contribution in [3.05, 3.63) is 48.2 Å². The number of nitrogens with zero attached hydrogens (tertiary/aromatic N) is 2. The standard InChI is InChI=1S/C20H25N3O2/c21-20(24)18-6-4-11-22-19(18)16-7-9-17(10-8-16)25-15-5-14-23-12-2-1-3-13-23/h4,6-11H,1-3,5,12-15H2,(H2,21,24). The third kappa shape index (κ3) is 4.79. The molecule has 25 heavy (non-hydrogen) atoms. The minimum absolute atomic E-state index is 0.428. The molecule has 1 saturated heterocycles. The van der Waals surface area contributed by atoms with Crippen molar-refractivity contribution >= 4 is 5.91 Å². The first-order valence-electron chi connectivity index (χ1n) is 8.94. The van der Waals surface area contributed by atoms with Crippen molar-refractivity contribution in [1.29, 1.82) is 0 Å². The molecule has 2 aromatic rings. The lowest BCUT2D eigenvalue weighted by atomic mass is 10.1. The fourth-order valence-electron chi connectivity index (χ4n) is 3.20. The van der Waals surface area contributed by atoms with Crippen molar-refractivity contribution < 1.29 is 9.53 Å². The molecule has 0 aliphatic carbocycles. The van der Waals surface area contributed by atoms with Crippen LogP contribution < -0.4 is 10.5 Å². The van der Waals surface area contributed by atoms with E-state index in [9.17, 15) is 4.79 Å². The Morgan fingerprint density at radius 3 is 2.60 bits per heavy atom. The van der Waals surface area contributed by atoms with Gasteiger partial charge in [0.1, 0.15) is 5.75 Å². The number of amides is 1. The van der Waals surface area contributed by atoms with Gasteiger partial charge in [0.2, 0.25) is 0 Å². The quantitative estimate of drug-likeness (QED) is 0.787. The van der Waals surface area contributed by atoms with Gasteiger partial charge in [-0.1, -0.05) is 6.42 Å². The van der Waals surface area contributed by atoms with Gasteiger partial charge in [-0.2, -0.15) is 0 Å². The lowest BCUT2D eigenvalue weighted by Crippen LogP contribution is -2.31. The fourth-order valence-corrected chi connectivity index (χ4v) is 3.20. The highest BCUT2D eigenvalue weighted by molar-refractivity contribution is 5.98. The van der Waals surface area contributed by atoms with Crippen LogP contribution in [0.25, 0.3) is 11.3 Å². The Labute approximate surface area is 148 Å². The number of rotatable bonds is 7. The Kier molecular flexibility index (Phi) is 6.01. The summed E-state index contributed by atoms with van der Waals surface area (Å²) in [5, 5.41) is 0. The zero-order valence-corrected chi connectivity index (χ0v) is 14.5. The maximum Gasteiger partial charge on any atom is 0.250 e. The van der Waals surface area contributed by atoms with Crippen LogP contribution in [-0.2, 0) is 0 Å². The summed E-state index contributed by atoms with van der Waals surface area (Å²) in [5.74, 6) is 0.361. The van der Waals surface area contributed by atoms with E-state index in [1.807, 2.05) is 24.3 Å². The van der Waals surface area contributed by atoms with Gasteiger partial charge in [0.05, 0.1) is 17.9 Å². The number of nitrogens with two attached hydrogens (primary N) is 1. The molecule has 0 bridgehead atoms. The molecule has 3 rings (SSSR count). The summed E-state index contributed by atoms with van der Waals surface area (Å²) in [7, 11) is 0. The van der Waals surface area contributed by atoms with Gasteiger partial charge in [0.25, 0.3) is 5.91 Å². The van der Waals surface area contributed by atoms with E-state index in [2.05, 4.69) is 9.88 Å². The summed E-state index contributed by atoms with van der Waals surface area (Å²) in [6.45, 7) is 4.27. The minimum Gasteiger partial charge on any atom is -0.494 e. The molecule has 2 N–H and O–H groups in total. The van der Waals surface area contributed by atoms with Crippen molar-refractivity contribution in [3.8, 4) is 17.0 Å². The third-order valence-electron chi connectivity index (χ3n) is 4.54. The van der Waals surface area contributed by atoms with Crippen molar-refractivity contribution in [1.82, 2.24) is 9.88 Å². The summed E-state index contributed by atoms with van der Waals surface area (Å²) in [6.07, 6.45) is 6.71. The number of aromatic nitrogens is 1. The topological polar surface area (TPSA) is 68.5 Å². The minimum atomic E-state index is -0.471. The summed E-state index contributed by atoms with van der Waals surface area (Å²) < 4.78 is 5.83. The molecule has 1 aromatic carbocycles. The molecule has 1 aliphatic heterocycles. The molecule has 0 atom stereocenters. The Hall–Kier alpha value is -2.40. The van der Waals surface area contributed by atoms with Gasteiger partial charge >= 0.3 is 0 Å². The average molecular weight is 339 g/mol. The van der Waals surface area contributed by atoms with Gasteiger partial charge in [0, 0.05) is 18.3 Å². The van der Waals surface area contributed by atoms with Gasteiger partial charge in [-0.15, -0.1) is 0 Å². The molecule has 132 valence electrons. The number of benzene rings is 1. The summed E-state index contributed by atoms with van der Waals surface area (Å²) in [6, 6.07) is 11.0. The van der Waals surface area contributed by atoms with Crippen LogP contribution in [0.3, 0.4) is 0 Å². The molecule has 1 fully saturated rings. The molecule has 0 spiro atoms. The van der Waals surface area contributed by atoms with E-state index >= 15 is 0 Å². The highest BCUT2D eigenvalue weighted by Gasteiger charge is 2.11. The number of hydrogen-bond donors (Lipinski definition) is 1. The van der Waals surface area contributed by atoms with E-state index < -0.39 is 5.91 Å². The van der Waals surface area contributed by atoms with Crippen LogP contribution in [0.15, 0.2) is 42.6 Å². The smallest absolute Gasteiger partial charge is 0.250 e. The van der Waals surface area contributed by atoms with Gasteiger partial charge in [-0.05, 0) is 68.8 Å². The number of ether oxygens (including phenoxy) is 1. The molecular weight excluding hydrogens is 314 g/mol. The maximum absolute atomic E-state index is 11.5. The second kappa shape index (κ2) is 8.62. The normalized spacial score (nSPS) is 15.0. The van der Waals surface area contributed by atoms with Crippen molar-refractivity contribution in [3.63, 3.8) is 0 Å². The Bertz CT molecular complexity index is 694. The molecule has 0 saturated carbocycles. The summed E-state index contributed by atoms with van der Waals surface area (Å²) in [5.41, 5.74) is 7.31. The zero-order valence-electron chi connectivity index (χ0n) is 14.5. The first kappa shape index (κ1) is 17.4. The van der Waals surface area contributed by atoms with Crippen LogP contribution in [0.5, 0.6) is 5.75 Å². The van der Waals surface area contributed by atoms with Crippen LogP contribution >= 0.6 is 0 Å². The highest BCUT2D eigenvalue weighted by atomic mass is 16.5. The Morgan fingerprint density at radius 2 is 1.88 bits per heavy atom. The largest absolute Gasteiger partial charge is 0.494 e. The number of likely N-dealkylation sites (tertiary alicyclic amines) is 1. The highest BCUT2D eigenvalue weighted by Crippen LogP contribution is 2.23. The van der Waals surface area contributed by atoms with Gasteiger partial charge in [-0.25, -0.2) is 0 Å². The van der Waals surface area contributed by atoms with Gasteiger partial charge in [-0.3, -0.25) is 9.78 Å². The molecule has 1 aliphatic rings. The zero-order chi connectivity index (χ0) is 17.5. The lowest BCUT2D eigenvalue weighted by molar-refractivity contribution is 0.100. The second-order valence-corrected chi connectivity index (χ2v) is 6.39. The van der Waals surface area contributed by atoms with Crippen LogP contribution in [-0.4, -0.2) is 42.0 Å². The number of primary amides is 1. The van der Waals surface area contributed by atoms with Crippen LogP contribution in [0.2, 0.25) is 0 Å². The SMILES string of the molecule is NC(=O)c1cccnc1-c1ccc(OCCCN2CCCCC2)cc1. The van der Waals surface area contributed by atoms with E-state index in [1.54, 1.807) is 18.3 Å². The van der Waals surface area contributed by atoms with Crippen molar-refractivity contribution in [2.45, 2.75) is 25.7 Å². The number of carbonyl (C=O) groups excluding carboxylic acids is 1. The fraction of sp³-hybridized carbons (Fsp3) is 0.400. The third-order valence-corrected chi connectivity index (χ3v) is 4.54. The van der Waals surface area contributed by atoms with Crippen molar-refractivity contribution in [2.24, 2.45) is 5.73 Å².